The maximum atomic E-state index is 5.04. The molecule has 0 saturated carbocycles. The van der Waals surface area contributed by atoms with Crippen molar-refractivity contribution in [3.8, 4) is 0 Å². The highest BCUT2D eigenvalue weighted by Crippen LogP contribution is 2.10. The lowest BCUT2D eigenvalue weighted by Gasteiger charge is -1.90. The van der Waals surface area contributed by atoms with Gasteiger partial charge in [0.25, 0.3) is 0 Å². The number of nitrogens with zero attached hydrogens (tertiary/aromatic N) is 1. The molecule has 0 bridgehead atoms. The summed E-state index contributed by atoms with van der Waals surface area (Å²) >= 11 is 0. The topological polar surface area (TPSA) is 26.0 Å². The number of hydrogen-bond donors (Lipinski definition) is 0. The second-order valence-electron chi connectivity index (χ2n) is 2.01. The third-order valence-electron chi connectivity index (χ3n) is 1.22. The van der Waals surface area contributed by atoms with Crippen LogP contribution in [0.4, 0.5) is 0 Å². The summed E-state index contributed by atoms with van der Waals surface area (Å²) in [5, 5.41) is 0. The summed E-state index contributed by atoms with van der Waals surface area (Å²) in [5.74, 6) is 0.684. The zero-order valence-corrected chi connectivity index (χ0v) is 6.00. The van der Waals surface area contributed by atoms with Gasteiger partial charge < -0.3 is 4.42 Å². The molecule has 0 N–H and O–H groups in total. The number of aromatic nitrogens is 1. The molecule has 0 aliphatic rings. The maximum absolute atomic E-state index is 5.04. The first kappa shape index (κ1) is 7.06. The number of rotatable bonds is 2. The molecule has 0 saturated heterocycles. The molecule has 0 fully saturated rings. The second-order valence-corrected chi connectivity index (χ2v) is 2.01. The van der Waals surface area contributed by atoms with Gasteiger partial charge in [0.1, 0.15) is 6.26 Å². The molecule has 10 heavy (non-hydrogen) atoms. The van der Waals surface area contributed by atoms with Crippen LogP contribution in [-0.2, 0) is 0 Å². The van der Waals surface area contributed by atoms with Crippen LogP contribution in [0.15, 0.2) is 23.0 Å². The lowest BCUT2D eigenvalue weighted by molar-refractivity contribution is 0.541. The largest absolute Gasteiger partial charge is 0.445 e. The average Bonchev–Trinajstić information content (AvgIpc) is 2.38. The highest BCUT2D eigenvalue weighted by atomic mass is 16.3. The van der Waals surface area contributed by atoms with Crippen molar-refractivity contribution in [1.82, 2.24) is 4.98 Å². The number of hydrogen-bond acceptors (Lipinski definition) is 2. The summed E-state index contributed by atoms with van der Waals surface area (Å²) in [6.45, 7) is 5.65. The van der Waals surface area contributed by atoms with E-state index in [4.69, 9.17) is 4.42 Å². The van der Waals surface area contributed by atoms with Gasteiger partial charge in [-0.1, -0.05) is 6.08 Å². The zero-order chi connectivity index (χ0) is 7.40. The Balaban J connectivity index is 2.77. The monoisotopic (exact) mass is 136 g/mol. The molecule has 1 radical (unpaired) electrons. The van der Waals surface area contributed by atoms with Crippen LogP contribution in [0, 0.1) is 6.92 Å². The quantitative estimate of drug-likeness (QED) is 0.623. The van der Waals surface area contributed by atoms with Gasteiger partial charge in [-0.15, -0.1) is 0 Å². The summed E-state index contributed by atoms with van der Waals surface area (Å²) in [4.78, 5) is 3.97. The van der Waals surface area contributed by atoms with Crippen LogP contribution >= 0.6 is 0 Å². The van der Waals surface area contributed by atoms with Gasteiger partial charge in [0.2, 0.25) is 5.89 Å². The molecule has 0 aliphatic carbocycles. The minimum absolute atomic E-state index is 0.684. The van der Waals surface area contributed by atoms with Crippen molar-refractivity contribution >= 4 is 5.57 Å². The highest BCUT2D eigenvalue weighted by Gasteiger charge is 1.96. The van der Waals surface area contributed by atoms with Crippen molar-refractivity contribution in [1.29, 1.82) is 0 Å². The van der Waals surface area contributed by atoms with Crippen LogP contribution in [0.1, 0.15) is 19.2 Å². The normalized spacial score (nSPS) is 12.0. The Hall–Kier alpha value is -1.05. The molecule has 2 heteroatoms. The molecule has 2 nitrogen and oxygen atoms in total. The Bertz CT molecular complexity index is 211. The second kappa shape index (κ2) is 3.20. The summed E-state index contributed by atoms with van der Waals surface area (Å²) in [5.41, 5.74) is 1.04. The standard InChI is InChI=1S/C8H10NO/c1-3-4-7(2)8-9-5-6-10-8/h4-6H,1,3H2,2H3/b7-4-. The predicted molar refractivity (Wildman–Crippen MR) is 40.1 cm³/mol. The third-order valence-corrected chi connectivity index (χ3v) is 1.22. The van der Waals surface area contributed by atoms with E-state index in [2.05, 4.69) is 11.9 Å². The van der Waals surface area contributed by atoms with Gasteiger partial charge in [0.15, 0.2) is 0 Å². The minimum Gasteiger partial charge on any atom is -0.445 e. The fourth-order valence-electron chi connectivity index (χ4n) is 0.722. The van der Waals surface area contributed by atoms with Gasteiger partial charge in [-0.25, -0.2) is 4.98 Å². The summed E-state index contributed by atoms with van der Waals surface area (Å²) in [6, 6.07) is 0. The SMILES string of the molecule is [CH2]C/C=C(/C)c1ncco1. The molecule has 0 aromatic carbocycles. The molecular weight excluding hydrogens is 126 g/mol. The van der Waals surface area contributed by atoms with Crippen LogP contribution in [-0.4, -0.2) is 4.98 Å². The lowest BCUT2D eigenvalue weighted by atomic mass is 10.2. The van der Waals surface area contributed by atoms with E-state index >= 15 is 0 Å². The molecule has 1 heterocycles. The number of oxazole rings is 1. The van der Waals surface area contributed by atoms with E-state index in [1.807, 2.05) is 13.0 Å². The lowest BCUT2D eigenvalue weighted by Crippen LogP contribution is -1.76. The molecule has 0 aliphatic heterocycles. The van der Waals surface area contributed by atoms with Gasteiger partial charge in [-0.05, 0) is 20.3 Å². The van der Waals surface area contributed by atoms with Gasteiger partial charge in [-0.2, -0.15) is 0 Å². The molecule has 0 spiro atoms. The summed E-state index contributed by atoms with van der Waals surface area (Å²) in [6.07, 6.45) is 5.95. The summed E-state index contributed by atoms with van der Waals surface area (Å²) < 4.78 is 5.04. The Morgan fingerprint density at radius 2 is 2.70 bits per heavy atom. The van der Waals surface area contributed by atoms with E-state index < -0.39 is 0 Å². The van der Waals surface area contributed by atoms with E-state index in [0.717, 1.165) is 12.0 Å². The van der Waals surface area contributed by atoms with Crippen LogP contribution in [0.5, 0.6) is 0 Å². The Morgan fingerprint density at radius 1 is 1.90 bits per heavy atom. The van der Waals surface area contributed by atoms with Crippen molar-refractivity contribution in [3.63, 3.8) is 0 Å². The smallest absolute Gasteiger partial charge is 0.221 e. The van der Waals surface area contributed by atoms with Crippen molar-refractivity contribution in [2.24, 2.45) is 0 Å². The molecule has 53 valence electrons. The van der Waals surface area contributed by atoms with Crippen LogP contribution in [0.3, 0.4) is 0 Å². The first-order valence-electron chi connectivity index (χ1n) is 3.20. The van der Waals surface area contributed by atoms with E-state index in [9.17, 15) is 0 Å². The molecular formula is C8H10NO. The van der Waals surface area contributed by atoms with Crippen molar-refractivity contribution in [2.45, 2.75) is 13.3 Å². The Labute approximate surface area is 60.6 Å². The van der Waals surface area contributed by atoms with E-state index in [-0.39, 0.29) is 0 Å². The Kier molecular flexibility index (Phi) is 2.26. The van der Waals surface area contributed by atoms with E-state index in [1.54, 1.807) is 12.5 Å². The van der Waals surface area contributed by atoms with Crippen molar-refractivity contribution < 1.29 is 4.42 Å². The minimum atomic E-state index is 0.684. The van der Waals surface area contributed by atoms with Gasteiger partial charge in [0.05, 0.1) is 6.20 Å². The van der Waals surface area contributed by atoms with E-state index in [0.29, 0.717) is 5.89 Å². The fraction of sp³-hybridized carbons (Fsp3) is 0.250. The van der Waals surface area contributed by atoms with Crippen LogP contribution < -0.4 is 0 Å². The highest BCUT2D eigenvalue weighted by molar-refractivity contribution is 5.55. The summed E-state index contributed by atoms with van der Waals surface area (Å²) in [7, 11) is 0. The zero-order valence-electron chi connectivity index (χ0n) is 6.00. The third kappa shape index (κ3) is 1.47. The molecule has 1 rings (SSSR count). The molecule has 1 aromatic rings. The average molecular weight is 136 g/mol. The fourth-order valence-corrected chi connectivity index (χ4v) is 0.722. The predicted octanol–water partition coefficient (Wildman–Crippen LogP) is 2.30. The van der Waals surface area contributed by atoms with Crippen molar-refractivity contribution in [2.75, 3.05) is 0 Å². The van der Waals surface area contributed by atoms with Gasteiger partial charge in [0, 0.05) is 5.57 Å². The number of allylic oxidation sites excluding steroid dienone is 2. The van der Waals surface area contributed by atoms with Gasteiger partial charge >= 0.3 is 0 Å². The van der Waals surface area contributed by atoms with Crippen LogP contribution in [0.25, 0.3) is 5.57 Å². The molecule has 0 unspecified atom stereocenters. The first-order valence-corrected chi connectivity index (χ1v) is 3.20. The van der Waals surface area contributed by atoms with Crippen LogP contribution in [0.2, 0.25) is 0 Å². The maximum Gasteiger partial charge on any atom is 0.221 e. The first-order chi connectivity index (χ1) is 4.84. The molecule has 1 aromatic heterocycles. The van der Waals surface area contributed by atoms with Crippen molar-refractivity contribution in [3.05, 3.63) is 31.4 Å². The Morgan fingerprint density at radius 3 is 3.20 bits per heavy atom. The molecule has 0 atom stereocenters. The van der Waals surface area contributed by atoms with Gasteiger partial charge in [-0.3, -0.25) is 0 Å². The van der Waals surface area contributed by atoms with E-state index in [1.165, 1.54) is 0 Å². The molecule has 0 amide bonds.